The molecule has 0 aliphatic carbocycles. The van der Waals surface area contributed by atoms with Gasteiger partial charge in [-0.25, -0.2) is 0 Å². The van der Waals surface area contributed by atoms with Crippen LogP contribution in [0.4, 0.5) is 0 Å². The predicted molar refractivity (Wildman–Crippen MR) is 63.8 cm³/mol. The Bertz CT molecular complexity index is 447. The first-order chi connectivity index (χ1) is 6.24. The first kappa shape index (κ1) is 9.50. The van der Waals surface area contributed by atoms with Crippen molar-refractivity contribution in [2.45, 2.75) is 12.8 Å². The molecule has 1 aromatic heterocycles. The van der Waals surface area contributed by atoms with E-state index in [1.165, 1.54) is 21.2 Å². The molecule has 0 bridgehead atoms. The zero-order chi connectivity index (χ0) is 9.42. The molecular weight excluding hydrogens is 268 g/mol. The van der Waals surface area contributed by atoms with Gasteiger partial charge in [0.1, 0.15) is 0 Å². The topological polar surface area (TPSA) is 0 Å². The van der Waals surface area contributed by atoms with E-state index in [0.29, 0.717) is 5.88 Å². The molecule has 68 valence electrons. The minimum Gasteiger partial charge on any atom is -0.143 e. The zero-order valence-corrected chi connectivity index (χ0v) is 10.3. The van der Waals surface area contributed by atoms with Crippen molar-refractivity contribution >= 4 is 49.0 Å². The number of halogens is 2. The van der Waals surface area contributed by atoms with E-state index in [-0.39, 0.29) is 0 Å². The van der Waals surface area contributed by atoms with Crippen LogP contribution in [0, 0.1) is 6.92 Å². The smallest absolute Gasteiger partial charge is 0.0491 e. The van der Waals surface area contributed by atoms with Crippen molar-refractivity contribution in [3.63, 3.8) is 0 Å². The van der Waals surface area contributed by atoms with Crippen LogP contribution in [-0.2, 0) is 5.88 Å². The molecule has 0 saturated heterocycles. The van der Waals surface area contributed by atoms with Crippen LogP contribution in [0.3, 0.4) is 0 Å². The van der Waals surface area contributed by atoms with Crippen LogP contribution in [-0.4, -0.2) is 0 Å². The first-order valence-electron chi connectivity index (χ1n) is 3.95. The fourth-order valence-electron chi connectivity index (χ4n) is 1.40. The number of thiophene rings is 1. The number of rotatable bonds is 1. The van der Waals surface area contributed by atoms with Gasteiger partial charge in [-0.1, -0.05) is 15.9 Å². The number of hydrogen-bond acceptors (Lipinski definition) is 1. The summed E-state index contributed by atoms with van der Waals surface area (Å²) in [5, 5.41) is 3.38. The molecule has 0 amide bonds. The van der Waals surface area contributed by atoms with Gasteiger partial charge in [0.15, 0.2) is 0 Å². The summed E-state index contributed by atoms with van der Waals surface area (Å²) in [4.78, 5) is 0. The number of fused-ring (bicyclic) bond motifs is 1. The van der Waals surface area contributed by atoms with Gasteiger partial charge < -0.3 is 0 Å². The molecular formula is C10H8BrClS. The third-order valence-corrected chi connectivity index (χ3v) is 4.28. The predicted octanol–water partition coefficient (Wildman–Crippen LogP) is 4.71. The molecule has 2 aromatic rings. The summed E-state index contributed by atoms with van der Waals surface area (Å²) in [6.07, 6.45) is 0. The van der Waals surface area contributed by atoms with E-state index in [9.17, 15) is 0 Å². The van der Waals surface area contributed by atoms with E-state index >= 15 is 0 Å². The summed E-state index contributed by atoms with van der Waals surface area (Å²) in [5.74, 6) is 0.586. The molecule has 0 spiro atoms. The summed E-state index contributed by atoms with van der Waals surface area (Å²) in [7, 11) is 0. The monoisotopic (exact) mass is 274 g/mol. The maximum atomic E-state index is 5.93. The second kappa shape index (κ2) is 3.60. The van der Waals surface area contributed by atoms with Gasteiger partial charge in [0.25, 0.3) is 0 Å². The molecule has 1 heterocycles. The standard InChI is InChI=1S/C10H8BrClS/c1-6-8(5-12)10-7(2-3-13-10)4-9(6)11/h2-4H,5H2,1H3. The molecule has 0 fully saturated rings. The van der Waals surface area contributed by atoms with Crippen molar-refractivity contribution in [1.29, 1.82) is 0 Å². The minimum atomic E-state index is 0.586. The Kier molecular flexibility index (Phi) is 2.63. The van der Waals surface area contributed by atoms with Crippen LogP contribution >= 0.6 is 38.9 Å². The molecule has 0 nitrogen and oxygen atoms in total. The highest BCUT2D eigenvalue weighted by molar-refractivity contribution is 9.10. The van der Waals surface area contributed by atoms with Gasteiger partial charge in [0.2, 0.25) is 0 Å². The average molecular weight is 276 g/mol. The van der Waals surface area contributed by atoms with Crippen LogP contribution in [0.1, 0.15) is 11.1 Å². The first-order valence-corrected chi connectivity index (χ1v) is 6.16. The second-order valence-corrected chi connectivity index (χ2v) is 4.97. The molecule has 0 unspecified atom stereocenters. The van der Waals surface area contributed by atoms with Gasteiger partial charge in [-0.2, -0.15) is 0 Å². The lowest BCUT2D eigenvalue weighted by atomic mass is 10.1. The van der Waals surface area contributed by atoms with Gasteiger partial charge in [-0.05, 0) is 40.9 Å². The van der Waals surface area contributed by atoms with E-state index in [0.717, 1.165) is 4.47 Å². The summed E-state index contributed by atoms with van der Waals surface area (Å²) in [5.41, 5.74) is 2.51. The molecule has 0 N–H and O–H groups in total. The molecule has 13 heavy (non-hydrogen) atoms. The van der Waals surface area contributed by atoms with E-state index in [1.54, 1.807) is 11.3 Å². The van der Waals surface area contributed by atoms with Crippen molar-refractivity contribution < 1.29 is 0 Å². The van der Waals surface area contributed by atoms with Gasteiger partial charge in [-0.15, -0.1) is 22.9 Å². The zero-order valence-electron chi connectivity index (χ0n) is 7.10. The van der Waals surface area contributed by atoms with Crippen molar-refractivity contribution in [1.82, 2.24) is 0 Å². The summed E-state index contributed by atoms with van der Waals surface area (Å²) in [6, 6.07) is 4.28. The lowest BCUT2D eigenvalue weighted by molar-refractivity contribution is 1.33. The molecule has 0 saturated carbocycles. The number of alkyl halides is 1. The van der Waals surface area contributed by atoms with Crippen LogP contribution in [0.5, 0.6) is 0 Å². The van der Waals surface area contributed by atoms with Gasteiger partial charge >= 0.3 is 0 Å². The third-order valence-electron chi connectivity index (χ3n) is 2.20. The van der Waals surface area contributed by atoms with Gasteiger partial charge in [-0.3, -0.25) is 0 Å². The highest BCUT2D eigenvalue weighted by Crippen LogP contribution is 2.33. The normalized spacial score (nSPS) is 11.0. The van der Waals surface area contributed by atoms with Crippen molar-refractivity contribution in [2.24, 2.45) is 0 Å². The van der Waals surface area contributed by atoms with Crippen LogP contribution < -0.4 is 0 Å². The fraction of sp³-hybridized carbons (Fsp3) is 0.200. The summed E-state index contributed by atoms with van der Waals surface area (Å²) < 4.78 is 2.46. The van der Waals surface area contributed by atoms with E-state index in [2.05, 4.69) is 40.4 Å². The van der Waals surface area contributed by atoms with Crippen LogP contribution in [0.15, 0.2) is 22.0 Å². The Balaban J connectivity index is 2.87. The number of benzene rings is 1. The maximum absolute atomic E-state index is 5.93. The van der Waals surface area contributed by atoms with E-state index in [4.69, 9.17) is 11.6 Å². The molecule has 1 aromatic carbocycles. The Labute approximate surface area is 94.7 Å². The quantitative estimate of drug-likeness (QED) is 0.661. The molecule has 0 atom stereocenters. The third kappa shape index (κ3) is 1.51. The SMILES string of the molecule is Cc1c(Br)cc2ccsc2c1CCl. The van der Waals surface area contributed by atoms with Crippen molar-refractivity contribution in [2.75, 3.05) is 0 Å². The molecule has 0 aliphatic rings. The van der Waals surface area contributed by atoms with Crippen LogP contribution in [0.2, 0.25) is 0 Å². The highest BCUT2D eigenvalue weighted by Gasteiger charge is 2.08. The summed E-state index contributed by atoms with van der Waals surface area (Å²) in [6.45, 7) is 2.10. The van der Waals surface area contributed by atoms with Gasteiger partial charge in [0.05, 0.1) is 0 Å². The van der Waals surface area contributed by atoms with E-state index < -0.39 is 0 Å². The Hall–Kier alpha value is -0.0500. The van der Waals surface area contributed by atoms with E-state index in [1.807, 2.05) is 0 Å². The second-order valence-electron chi connectivity index (χ2n) is 2.93. The molecule has 3 heteroatoms. The summed E-state index contributed by atoms with van der Waals surface area (Å²) >= 11 is 11.2. The highest BCUT2D eigenvalue weighted by atomic mass is 79.9. The molecule has 0 radical (unpaired) electrons. The maximum Gasteiger partial charge on any atom is 0.0491 e. The Morgan fingerprint density at radius 2 is 2.31 bits per heavy atom. The Morgan fingerprint density at radius 1 is 1.54 bits per heavy atom. The van der Waals surface area contributed by atoms with Crippen LogP contribution in [0.25, 0.3) is 10.1 Å². The lowest BCUT2D eigenvalue weighted by Gasteiger charge is -2.05. The largest absolute Gasteiger partial charge is 0.143 e. The molecule has 2 rings (SSSR count). The van der Waals surface area contributed by atoms with Crippen molar-refractivity contribution in [3.05, 3.63) is 33.1 Å². The molecule has 0 aliphatic heterocycles. The Morgan fingerprint density at radius 3 is 3.00 bits per heavy atom. The number of hydrogen-bond donors (Lipinski definition) is 0. The van der Waals surface area contributed by atoms with Gasteiger partial charge in [0, 0.05) is 15.1 Å². The fourth-order valence-corrected chi connectivity index (χ4v) is 3.28. The average Bonchev–Trinajstić information content (AvgIpc) is 2.54. The lowest BCUT2D eigenvalue weighted by Crippen LogP contribution is -1.86. The van der Waals surface area contributed by atoms with Crippen molar-refractivity contribution in [3.8, 4) is 0 Å². The minimum absolute atomic E-state index is 0.586.